The van der Waals surface area contributed by atoms with Gasteiger partial charge in [0, 0.05) is 0 Å². The van der Waals surface area contributed by atoms with Crippen LogP contribution in [0, 0.1) is 0 Å². The van der Waals surface area contributed by atoms with Crippen molar-refractivity contribution in [2.45, 2.75) is 131 Å². The second-order valence-corrected chi connectivity index (χ2v) is 27.4. The van der Waals surface area contributed by atoms with Crippen LogP contribution in [0.4, 0.5) is 5.95 Å². The van der Waals surface area contributed by atoms with Gasteiger partial charge in [-0.15, -0.1) is 0 Å². The molecule has 6 rings (SSSR count). The van der Waals surface area contributed by atoms with Gasteiger partial charge in [-0.1, -0.05) is 0 Å². The van der Waals surface area contributed by atoms with E-state index in [2.05, 4.69) is 106 Å². The Morgan fingerprint density at radius 2 is 1.68 bits per heavy atom. The Hall–Kier alpha value is -1.78. The van der Waals surface area contributed by atoms with E-state index in [-0.39, 0.29) is 81.7 Å². The minimum atomic E-state index is -2.91. The van der Waals surface area contributed by atoms with E-state index in [9.17, 15) is 9.59 Å². The minimum absolute atomic E-state index is 0.00888. The molecule has 1 aromatic carbocycles. The quantitative estimate of drug-likeness (QED) is 0.254. The van der Waals surface area contributed by atoms with Crippen molar-refractivity contribution in [1.82, 2.24) is 19.5 Å². The Bertz CT molecular complexity index is 1650. The average Bonchev–Trinajstić information content (AvgIpc) is 3.67. The molecule has 3 aromatic rings. The molecule has 2 N–H and O–H groups in total. The van der Waals surface area contributed by atoms with Crippen molar-refractivity contribution in [2.75, 3.05) is 5.32 Å². The topological polar surface area (TPSA) is 120 Å². The van der Waals surface area contributed by atoms with Crippen LogP contribution >= 0.6 is 11.8 Å². The van der Waals surface area contributed by atoms with Crippen molar-refractivity contribution in [3.63, 3.8) is 0 Å². The third-order valence-corrected chi connectivity index (χ3v) is 25.5. The van der Waals surface area contributed by atoms with E-state index in [1.807, 2.05) is 16.3 Å². The van der Waals surface area contributed by atoms with Crippen molar-refractivity contribution < 1.29 is 17.8 Å². The number of benzene rings is 1. The van der Waals surface area contributed by atoms with Crippen LogP contribution in [-0.4, -0.2) is 74.5 Å². The van der Waals surface area contributed by atoms with Gasteiger partial charge in [0.1, 0.15) is 0 Å². The molecular weight excluding hydrogens is 714 g/mol. The number of thioether (sulfide) groups is 1. The number of carbonyl (C=O) groups is 1. The van der Waals surface area contributed by atoms with Crippen LogP contribution in [0.5, 0.6) is 0 Å². The van der Waals surface area contributed by atoms with Crippen LogP contribution in [-0.2, 0) is 17.8 Å². The summed E-state index contributed by atoms with van der Waals surface area (Å²) >= 11 is 1.93. The fourth-order valence-corrected chi connectivity index (χ4v) is 25.3. The van der Waals surface area contributed by atoms with Crippen molar-refractivity contribution in [3.8, 4) is 0 Å². The molecule has 47 heavy (non-hydrogen) atoms. The van der Waals surface area contributed by atoms with E-state index in [0.717, 1.165) is 19.3 Å². The van der Waals surface area contributed by atoms with E-state index in [1.165, 1.54) is 11.4 Å². The second-order valence-electron chi connectivity index (χ2n) is 14.5. The third-order valence-electron chi connectivity index (χ3n) is 10.2. The molecule has 2 aromatic heterocycles. The first-order valence-electron chi connectivity index (χ1n) is 16.9. The number of aromatic amines is 1. The molecule has 1 aliphatic carbocycles. The monoisotopic (exact) mass is 763 g/mol. The molecule has 4 heterocycles. The van der Waals surface area contributed by atoms with Crippen LogP contribution < -0.4 is 15.3 Å². The first-order valence-corrected chi connectivity index (χ1v) is 23.6. The van der Waals surface area contributed by atoms with Crippen molar-refractivity contribution in [2.24, 2.45) is 0 Å². The van der Waals surface area contributed by atoms with Crippen LogP contribution in [0.3, 0.4) is 0 Å². The molecule has 2 saturated heterocycles. The standard InChI is InChI=1S/C33H49N5O5SSeSi2/c1-19(2)46(20(3)4)41-25-16-13-17-33(25)28(42-47(43-46,21(5)6)22(7)8)27(45-24-14-11-10-12-15-24)31(44-33)38-18-34-29-26(38)30(40)37-32(36-29)35-23(9)39/h10-12,14-15,18-22,25,27-28,31H,13,16-17H2,1-9H3,(H2,35,36,37,39,40)/t25-,27+,28-,31+,33-/m0/s1. The third kappa shape index (κ3) is 5.94. The molecule has 2 aliphatic heterocycles. The Morgan fingerprint density at radius 3 is 2.30 bits per heavy atom. The van der Waals surface area contributed by atoms with Crippen LogP contribution in [0.1, 0.15) is 86.9 Å². The Labute approximate surface area is 290 Å². The van der Waals surface area contributed by atoms with E-state index in [4.69, 9.17) is 13.0 Å². The molecule has 256 valence electrons. The van der Waals surface area contributed by atoms with Gasteiger partial charge in [0.05, 0.1) is 0 Å². The summed E-state index contributed by atoms with van der Waals surface area (Å²) < 4.78 is 26.2. The summed E-state index contributed by atoms with van der Waals surface area (Å²) in [6.07, 6.45) is 4.62. The van der Waals surface area contributed by atoms with Crippen molar-refractivity contribution in [1.29, 1.82) is 0 Å². The summed E-state index contributed by atoms with van der Waals surface area (Å²) in [5.74, 6) is -0.209. The number of nitrogens with zero attached hydrogens (tertiary/aromatic N) is 3. The summed E-state index contributed by atoms with van der Waals surface area (Å²) in [6, 6.07) is 10.7. The molecule has 0 unspecified atom stereocenters. The van der Waals surface area contributed by atoms with Crippen LogP contribution in [0.25, 0.3) is 11.2 Å². The molecule has 0 radical (unpaired) electrons. The van der Waals surface area contributed by atoms with Gasteiger partial charge >= 0.3 is 292 Å². The molecule has 14 heteroatoms. The molecule has 1 spiro atoms. The summed E-state index contributed by atoms with van der Waals surface area (Å²) in [6.45, 7) is 19.6. The van der Waals surface area contributed by atoms with Crippen molar-refractivity contribution >= 4 is 71.3 Å². The average molecular weight is 763 g/mol. The van der Waals surface area contributed by atoms with Crippen molar-refractivity contribution in [3.05, 3.63) is 47.0 Å². The number of carbonyl (C=O) groups excluding carboxylic acids is 1. The molecule has 10 nitrogen and oxygen atoms in total. The zero-order valence-corrected chi connectivity index (χ0v) is 33.4. The van der Waals surface area contributed by atoms with Gasteiger partial charge in [0.25, 0.3) is 0 Å². The number of rotatable bonds is 8. The molecule has 0 bridgehead atoms. The normalized spacial score (nSPS) is 28.5. The SMILES string of the molecule is CC(=O)Nc1nc2ncn([C@@H]3S[C@@]45CCC[C@@H]4O[Si](C(C)C)(C(C)C)O[Si](C(C)C)(C(C)C)O[C@H]5[C@H]3[Se]c3ccccc3)c2c(=O)[nH]1. The van der Waals surface area contributed by atoms with Gasteiger partial charge in [-0.3, -0.25) is 0 Å². The number of H-pyrrole nitrogens is 1. The number of fused-ring (bicyclic) bond motifs is 1. The van der Waals surface area contributed by atoms with E-state index in [0.29, 0.717) is 11.2 Å². The van der Waals surface area contributed by atoms with Gasteiger partial charge in [-0.2, -0.15) is 0 Å². The molecular formula is C33H49N5O5SSeSi2. The van der Waals surface area contributed by atoms with Gasteiger partial charge in [-0.05, 0) is 0 Å². The number of aromatic nitrogens is 4. The molecule has 1 amide bonds. The predicted octanol–water partition coefficient (Wildman–Crippen LogP) is 6.39. The first kappa shape index (κ1) is 35.1. The van der Waals surface area contributed by atoms with Crippen LogP contribution in [0.2, 0.25) is 27.0 Å². The number of nitrogens with one attached hydrogen (secondary N) is 2. The van der Waals surface area contributed by atoms with E-state index < -0.39 is 17.1 Å². The van der Waals surface area contributed by atoms with Gasteiger partial charge in [0.2, 0.25) is 0 Å². The Balaban J connectivity index is 1.56. The summed E-state index contributed by atoms with van der Waals surface area (Å²) in [7, 11) is -5.68. The fraction of sp³-hybridized carbons (Fsp3) is 0.636. The zero-order valence-electron chi connectivity index (χ0n) is 28.9. The maximum atomic E-state index is 13.7. The van der Waals surface area contributed by atoms with Gasteiger partial charge < -0.3 is 0 Å². The molecule has 5 atom stereocenters. The summed E-state index contributed by atoms with van der Waals surface area (Å²) in [4.78, 5) is 37.4. The van der Waals surface area contributed by atoms with Gasteiger partial charge in [-0.25, -0.2) is 0 Å². The zero-order chi connectivity index (χ0) is 33.9. The van der Waals surface area contributed by atoms with E-state index in [1.54, 1.807) is 6.33 Å². The summed E-state index contributed by atoms with van der Waals surface area (Å²) in [5, 5.41) is 2.46. The Morgan fingerprint density at radius 1 is 1.04 bits per heavy atom. The number of imidazole rings is 1. The number of anilines is 1. The van der Waals surface area contributed by atoms with Gasteiger partial charge in [0.15, 0.2) is 0 Å². The maximum absolute atomic E-state index is 13.7. The number of hydrogen-bond acceptors (Lipinski definition) is 8. The number of amides is 1. The molecule has 3 aliphatic rings. The molecule has 1 saturated carbocycles. The number of hydrogen-bond donors (Lipinski definition) is 2. The second kappa shape index (κ2) is 13.2. The summed E-state index contributed by atoms with van der Waals surface area (Å²) in [5.41, 5.74) is 1.35. The fourth-order valence-electron chi connectivity index (χ4n) is 7.97. The van der Waals surface area contributed by atoms with Crippen LogP contribution in [0.15, 0.2) is 41.5 Å². The van der Waals surface area contributed by atoms with E-state index >= 15 is 0 Å². The molecule has 3 fully saturated rings. The predicted molar refractivity (Wildman–Crippen MR) is 194 cm³/mol. The first-order chi connectivity index (χ1) is 22.2. The Kier molecular flexibility index (Phi) is 9.82.